The number of hydrogen-bond donors (Lipinski definition) is 0. The first-order valence-electron chi connectivity index (χ1n) is 11.0. The molecule has 2 fully saturated rings. The normalized spacial score (nSPS) is 23.6. The fourth-order valence-corrected chi connectivity index (χ4v) is 6.70. The number of hydrogen-bond acceptors (Lipinski definition) is 7. The number of aryl methyl sites for hydroxylation is 1. The van der Waals surface area contributed by atoms with Crippen molar-refractivity contribution in [3.8, 4) is 17.5 Å². The quantitative estimate of drug-likeness (QED) is 0.609. The molecule has 8 nitrogen and oxygen atoms in total. The van der Waals surface area contributed by atoms with Gasteiger partial charge in [-0.25, -0.2) is 18.4 Å². The van der Waals surface area contributed by atoms with Crippen molar-refractivity contribution >= 4 is 10.0 Å². The molecule has 2 aliphatic heterocycles. The molecule has 2 aromatic heterocycles. The Hall–Kier alpha value is -2.26. The van der Waals surface area contributed by atoms with Gasteiger partial charge in [0, 0.05) is 31.1 Å². The summed E-state index contributed by atoms with van der Waals surface area (Å²) in [7, 11) is -3.20. The van der Waals surface area contributed by atoms with Gasteiger partial charge in [0.15, 0.2) is 5.75 Å². The van der Waals surface area contributed by atoms with Gasteiger partial charge in [-0.05, 0) is 45.2 Å². The van der Waals surface area contributed by atoms with Crippen LogP contribution in [0.25, 0.3) is 0 Å². The van der Waals surface area contributed by atoms with Crippen LogP contribution in [0.3, 0.4) is 0 Å². The highest BCUT2D eigenvalue weighted by Gasteiger charge is 2.47. The fourth-order valence-electron chi connectivity index (χ4n) is 4.55. The number of ether oxygens (including phenoxy) is 2. The van der Waals surface area contributed by atoms with Crippen LogP contribution in [0.5, 0.6) is 17.5 Å². The third kappa shape index (κ3) is 4.67. The zero-order valence-electron chi connectivity index (χ0n) is 18.3. The smallest absolute Gasteiger partial charge is 0.229 e. The average Bonchev–Trinajstić information content (AvgIpc) is 3.03. The minimum Gasteiger partial charge on any atom is -0.474 e. The summed E-state index contributed by atoms with van der Waals surface area (Å²) in [6.07, 6.45) is 7.82. The summed E-state index contributed by atoms with van der Waals surface area (Å²) in [6, 6.07) is 3.69. The molecule has 2 bridgehead atoms. The number of sulfonamides is 1. The van der Waals surface area contributed by atoms with E-state index in [1.807, 2.05) is 32.9 Å². The monoisotopic (exact) mass is 446 g/mol. The maximum atomic E-state index is 12.8. The number of aromatic nitrogens is 3. The van der Waals surface area contributed by atoms with E-state index in [0.717, 1.165) is 30.5 Å². The van der Waals surface area contributed by atoms with E-state index in [2.05, 4.69) is 15.0 Å². The molecule has 9 heteroatoms. The van der Waals surface area contributed by atoms with E-state index in [1.165, 1.54) is 6.33 Å². The molecule has 31 heavy (non-hydrogen) atoms. The molecule has 3 atom stereocenters. The first kappa shape index (κ1) is 22.0. The second-order valence-electron chi connectivity index (χ2n) is 8.39. The molecule has 0 aliphatic carbocycles. The Kier molecular flexibility index (Phi) is 6.43. The second kappa shape index (κ2) is 9.08. The van der Waals surface area contributed by atoms with Gasteiger partial charge >= 0.3 is 0 Å². The minimum absolute atomic E-state index is 0.0153. The van der Waals surface area contributed by atoms with Crippen LogP contribution in [-0.2, 0) is 10.0 Å². The molecule has 0 aromatic carbocycles. The minimum atomic E-state index is -3.20. The first-order valence-corrected chi connectivity index (χ1v) is 12.6. The molecule has 0 N–H and O–H groups in total. The van der Waals surface area contributed by atoms with Crippen molar-refractivity contribution in [1.29, 1.82) is 0 Å². The number of unbranched alkanes of at least 4 members (excludes halogenated alkanes) is 1. The van der Waals surface area contributed by atoms with Crippen LogP contribution in [0.1, 0.15) is 56.7 Å². The first-order chi connectivity index (χ1) is 14.9. The van der Waals surface area contributed by atoms with Crippen molar-refractivity contribution in [3.63, 3.8) is 0 Å². The van der Waals surface area contributed by atoms with Crippen LogP contribution in [0.15, 0.2) is 24.7 Å². The van der Waals surface area contributed by atoms with Crippen molar-refractivity contribution in [2.75, 3.05) is 5.75 Å². The fraction of sp³-hybridized carbons (Fsp3) is 0.591. The lowest BCUT2D eigenvalue weighted by atomic mass is 10.0. The second-order valence-corrected chi connectivity index (χ2v) is 10.4. The van der Waals surface area contributed by atoms with E-state index in [9.17, 15) is 8.42 Å². The van der Waals surface area contributed by atoms with Gasteiger partial charge in [0.25, 0.3) is 0 Å². The maximum absolute atomic E-state index is 12.8. The summed E-state index contributed by atoms with van der Waals surface area (Å²) in [5.74, 6) is 1.79. The van der Waals surface area contributed by atoms with E-state index < -0.39 is 10.0 Å². The van der Waals surface area contributed by atoms with Gasteiger partial charge in [-0.2, -0.15) is 4.31 Å². The van der Waals surface area contributed by atoms with Gasteiger partial charge in [0.2, 0.25) is 21.8 Å². The zero-order valence-corrected chi connectivity index (χ0v) is 19.1. The molecule has 1 unspecified atom stereocenters. The standard InChI is InChI=1S/C22H30N4O4S/c1-4-5-11-31(27,28)26-17-8-9-18(26)13-19(12-17)29-21-15(2)22(25-14-24-21)30-20-7-6-10-23-16(20)3/h6-7,10,14,17-19H,4-5,8-9,11-13H2,1-3H3/t17-,18+,19?. The topological polar surface area (TPSA) is 94.5 Å². The van der Waals surface area contributed by atoms with Crippen molar-refractivity contribution in [2.24, 2.45) is 0 Å². The molecule has 168 valence electrons. The van der Waals surface area contributed by atoms with Crippen molar-refractivity contribution in [2.45, 2.75) is 77.5 Å². The van der Waals surface area contributed by atoms with Crippen molar-refractivity contribution < 1.29 is 17.9 Å². The number of fused-ring (bicyclic) bond motifs is 2. The lowest BCUT2D eigenvalue weighted by Crippen LogP contribution is -2.49. The highest BCUT2D eigenvalue weighted by Crippen LogP contribution is 2.40. The molecule has 2 aliphatic rings. The van der Waals surface area contributed by atoms with Gasteiger partial charge in [0.05, 0.1) is 17.0 Å². The van der Waals surface area contributed by atoms with Gasteiger partial charge in [-0.15, -0.1) is 0 Å². The highest BCUT2D eigenvalue weighted by atomic mass is 32.2. The third-order valence-electron chi connectivity index (χ3n) is 6.13. The van der Waals surface area contributed by atoms with Gasteiger partial charge < -0.3 is 9.47 Å². The Morgan fingerprint density at radius 1 is 1.10 bits per heavy atom. The highest BCUT2D eigenvalue weighted by molar-refractivity contribution is 7.89. The molecular weight excluding hydrogens is 416 g/mol. The molecule has 0 saturated carbocycles. The Morgan fingerprint density at radius 3 is 2.48 bits per heavy atom. The number of nitrogens with zero attached hydrogens (tertiary/aromatic N) is 4. The Labute approximate surface area is 184 Å². The number of pyridine rings is 1. The Morgan fingerprint density at radius 2 is 1.81 bits per heavy atom. The van der Waals surface area contributed by atoms with E-state index in [1.54, 1.807) is 10.5 Å². The SMILES string of the molecule is CCCCS(=O)(=O)N1[C@@H]2CC[C@H]1CC(Oc1ncnc(Oc3cccnc3C)c1C)C2. The van der Waals surface area contributed by atoms with Crippen LogP contribution in [0.2, 0.25) is 0 Å². The van der Waals surface area contributed by atoms with Crippen molar-refractivity contribution in [1.82, 2.24) is 19.3 Å². The van der Waals surface area contributed by atoms with Gasteiger partial charge in [-0.3, -0.25) is 4.98 Å². The lowest BCUT2D eigenvalue weighted by Gasteiger charge is -2.37. The molecular formula is C22H30N4O4S. The van der Waals surface area contributed by atoms with Crippen LogP contribution >= 0.6 is 0 Å². The average molecular weight is 447 g/mol. The molecule has 0 spiro atoms. The van der Waals surface area contributed by atoms with Gasteiger partial charge in [0.1, 0.15) is 12.4 Å². The van der Waals surface area contributed by atoms with Crippen LogP contribution in [0.4, 0.5) is 0 Å². The van der Waals surface area contributed by atoms with Crippen LogP contribution in [-0.4, -0.2) is 51.6 Å². The summed E-state index contributed by atoms with van der Waals surface area (Å²) < 4.78 is 39.6. The molecule has 2 saturated heterocycles. The van der Waals surface area contributed by atoms with Crippen molar-refractivity contribution in [3.05, 3.63) is 35.9 Å². The summed E-state index contributed by atoms with van der Waals surface area (Å²) in [5, 5.41) is 0. The maximum Gasteiger partial charge on any atom is 0.229 e. The molecule has 4 rings (SSSR count). The lowest BCUT2D eigenvalue weighted by molar-refractivity contribution is 0.0907. The van der Waals surface area contributed by atoms with E-state index >= 15 is 0 Å². The summed E-state index contributed by atoms with van der Waals surface area (Å²) in [5.41, 5.74) is 1.49. The molecule has 0 amide bonds. The molecule has 2 aromatic rings. The van der Waals surface area contributed by atoms with E-state index in [-0.39, 0.29) is 23.9 Å². The summed E-state index contributed by atoms with van der Waals surface area (Å²) in [6.45, 7) is 5.76. The summed E-state index contributed by atoms with van der Waals surface area (Å²) in [4.78, 5) is 12.8. The van der Waals surface area contributed by atoms with Crippen LogP contribution in [0, 0.1) is 13.8 Å². The predicted molar refractivity (Wildman–Crippen MR) is 117 cm³/mol. The van der Waals surface area contributed by atoms with E-state index in [4.69, 9.17) is 9.47 Å². The number of piperidine rings is 1. The largest absolute Gasteiger partial charge is 0.474 e. The zero-order chi connectivity index (χ0) is 22.0. The third-order valence-corrected chi connectivity index (χ3v) is 8.18. The van der Waals surface area contributed by atoms with Gasteiger partial charge in [-0.1, -0.05) is 13.3 Å². The van der Waals surface area contributed by atoms with E-state index in [0.29, 0.717) is 36.8 Å². The number of rotatable bonds is 8. The summed E-state index contributed by atoms with van der Waals surface area (Å²) >= 11 is 0. The Balaban J connectivity index is 1.46. The Bertz CT molecular complexity index is 1020. The van der Waals surface area contributed by atoms with Crippen LogP contribution < -0.4 is 9.47 Å². The molecule has 4 heterocycles. The molecule has 0 radical (unpaired) electrons. The predicted octanol–water partition coefficient (Wildman–Crippen LogP) is 3.78.